The summed E-state index contributed by atoms with van der Waals surface area (Å²) in [6.45, 7) is 0.857. The van der Waals surface area contributed by atoms with Crippen molar-refractivity contribution in [1.82, 2.24) is 5.32 Å². The smallest absolute Gasteiger partial charge is 0.404 e. The zero-order chi connectivity index (χ0) is 15.0. The lowest BCUT2D eigenvalue weighted by molar-refractivity contribution is -0.274. The van der Waals surface area contributed by atoms with Gasteiger partial charge in [-0.1, -0.05) is 12.1 Å². The molecule has 0 bridgehead atoms. The van der Waals surface area contributed by atoms with E-state index in [-0.39, 0.29) is 24.6 Å². The van der Waals surface area contributed by atoms with Gasteiger partial charge in [-0.3, -0.25) is 4.79 Å². The van der Waals surface area contributed by atoms with Crippen molar-refractivity contribution in [3.05, 3.63) is 24.3 Å². The van der Waals surface area contributed by atoms with Crippen LogP contribution in [0.4, 0.5) is 18.9 Å². The maximum absolute atomic E-state index is 12.2. The number of benzene rings is 1. The SMILES string of the molecule is COCCNCC(=O)Nc1ccccc1OC(F)(F)F.Cl. The summed E-state index contributed by atoms with van der Waals surface area (Å²) >= 11 is 0. The van der Waals surface area contributed by atoms with Crippen molar-refractivity contribution in [2.24, 2.45) is 0 Å². The van der Waals surface area contributed by atoms with E-state index >= 15 is 0 Å². The minimum Gasteiger partial charge on any atom is -0.404 e. The second-order valence-electron chi connectivity index (χ2n) is 3.76. The molecule has 9 heteroatoms. The summed E-state index contributed by atoms with van der Waals surface area (Å²) in [5.74, 6) is -0.926. The Hall–Kier alpha value is -1.51. The van der Waals surface area contributed by atoms with Gasteiger partial charge in [0.1, 0.15) is 0 Å². The van der Waals surface area contributed by atoms with Crippen molar-refractivity contribution in [2.45, 2.75) is 6.36 Å². The zero-order valence-corrected chi connectivity index (χ0v) is 12.0. The standard InChI is InChI=1S/C12H15F3N2O3.ClH/c1-19-7-6-16-8-11(18)17-9-4-2-3-5-10(9)20-12(13,14)15;/h2-5,16H,6-8H2,1H3,(H,17,18);1H. The van der Waals surface area contributed by atoms with Crippen LogP contribution >= 0.6 is 12.4 Å². The van der Waals surface area contributed by atoms with Gasteiger partial charge in [-0.25, -0.2) is 0 Å². The molecular weight excluding hydrogens is 313 g/mol. The molecule has 21 heavy (non-hydrogen) atoms. The molecule has 0 aliphatic rings. The van der Waals surface area contributed by atoms with E-state index in [4.69, 9.17) is 4.74 Å². The third-order valence-electron chi connectivity index (χ3n) is 2.16. The quantitative estimate of drug-likeness (QED) is 0.753. The number of ether oxygens (including phenoxy) is 2. The lowest BCUT2D eigenvalue weighted by Gasteiger charge is -2.13. The molecule has 0 heterocycles. The Morgan fingerprint density at radius 1 is 1.29 bits per heavy atom. The van der Waals surface area contributed by atoms with Gasteiger partial charge in [0.2, 0.25) is 5.91 Å². The Morgan fingerprint density at radius 2 is 1.95 bits per heavy atom. The van der Waals surface area contributed by atoms with Gasteiger partial charge in [0.15, 0.2) is 5.75 Å². The number of halogens is 4. The van der Waals surface area contributed by atoms with Crippen LogP contribution in [0.25, 0.3) is 0 Å². The Morgan fingerprint density at radius 3 is 2.57 bits per heavy atom. The van der Waals surface area contributed by atoms with Crippen LogP contribution in [0.2, 0.25) is 0 Å². The van der Waals surface area contributed by atoms with Crippen molar-refractivity contribution < 1.29 is 27.4 Å². The van der Waals surface area contributed by atoms with E-state index in [0.717, 1.165) is 6.07 Å². The number of nitrogens with one attached hydrogen (secondary N) is 2. The van der Waals surface area contributed by atoms with Crippen LogP contribution in [0.3, 0.4) is 0 Å². The molecule has 0 aliphatic heterocycles. The summed E-state index contributed by atoms with van der Waals surface area (Å²) in [5.41, 5.74) is -0.0385. The van der Waals surface area contributed by atoms with Crippen LogP contribution in [-0.4, -0.2) is 39.1 Å². The lowest BCUT2D eigenvalue weighted by atomic mass is 10.3. The first-order valence-electron chi connectivity index (χ1n) is 5.76. The predicted molar refractivity (Wildman–Crippen MR) is 73.7 cm³/mol. The van der Waals surface area contributed by atoms with E-state index in [1.807, 2.05) is 0 Å². The van der Waals surface area contributed by atoms with Crippen LogP contribution in [0.15, 0.2) is 24.3 Å². The van der Waals surface area contributed by atoms with E-state index in [9.17, 15) is 18.0 Å². The fourth-order valence-electron chi connectivity index (χ4n) is 1.35. The zero-order valence-electron chi connectivity index (χ0n) is 11.2. The fourth-order valence-corrected chi connectivity index (χ4v) is 1.35. The average molecular weight is 329 g/mol. The Labute approximate surface area is 126 Å². The van der Waals surface area contributed by atoms with Crippen molar-refractivity contribution in [3.8, 4) is 5.75 Å². The van der Waals surface area contributed by atoms with Crippen LogP contribution in [0, 0.1) is 0 Å². The van der Waals surface area contributed by atoms with Crippen molar-refractivity contribution in [2.75, 3.05) is 32.1 Å². The number of methoxy groups -OCH3 is 1. The van der Waals surface area contributed by atoms with Gasteiger partial charge in [0, 0.05) is 13.7 Å². The highest BCUT2D eigenvalue weighted by atomic mass is 35.5. The number of rotatable bonds is 7. The fraction of sp³-hybridized carbons (Fsp3) is 0.417. The number of hydrogen-bond donors (Lipinski definition) is 2. The molecule has 0 aliphatic carbocycles. The topological polar surface area (TPSA) is 59.6 Å². The van der Waals surface area contributed by atoms with Crippen molar-refractivity contribution >= 4 is 24.0 Å². The van der Waals surface area contributed by atoms with E-state index in [1.165, 1.54) is 25.3 Å². The molecule has 0 fully saturated rings. The number of carbonyl (C=O) groups excluding carboxylic acids is 1. The first-order valence-corrected chi connectivity index (χ1v) is 5.76. The highest BCUT2D eigenvalue weighted by molar-refractivity contribution is 5.93. The van der Waals surface area contributed by atoms with E-state index in [2.05, 4.69) is 15.4 Å². The molecule has 1 rings (SSSR count). The van der Waals surface area contributed by atoms with Crippen LogP contribution in [-0.2, 0) is 9.53 Å². The number of amides is 1. The van der Waals surface area contributed by atoms with Crippen LogP contribution in [0.1, 0.15) is 0 Å². The number of alkyl halides is 3. The monoisotopic (exact) mass is 328 g/mol. The van der Waals surface area contributed by atoms with Gasteiger partial charge in [0.25, 0.3) is 0 Å². The molecule has 1 amide bonds. The van der Waals surface area contributed by atoms with Crippen molar-refractivity contribution in [1.29, 1.82) is 0 Å². The lowest BCUT2D eigenvalue weighted by Crippen LogP contribution is -2.30. The second kappa shape index (κ2) is 9.43. The van der Waals surface area contributed by atoms with Gasteiger partial charge in [-0.05, 0) is 12.1 Å². The normalized spacial score (nSPS) is 10.7. The van der Waals surface area contributed by atoms with E-state index in [1.54, 1.807) is 0 Å². The van der Waals surface area contributed by atoms with Gasteiger partial charge < -0.3 is 20.1 Å². The maximum atomic E-state index is 12.2. The predicted octanol–water partition coefficient (Wildman–Crippen LogP) is 2.18. The second-order valence-corrected chi connectivity index (χ2v) is 3.76. The Balaban J connectivity index is 0.00000400. The molecule has 1 aromatic carbocycles. The summed E-state index contributed by atoms with van der Waals surface area (Å²) in [6.07, 6.45) is -4.81. The molecule has 0 saturated heterocycles. The highest BCUT2D eigenvalue weighted by Gasteiger charge is 2.32. The number of anilines is 1. The third kappa shape index (κ3) is 8.38. The molecule has 0 unspecified atom stereocenters. The molecule has 2 N–H and O–H groups in total. The molecule has 1 aromatic rings. The third-order valence-corrected chi connectivity index (χ3v) is 2.16. The number of hydrogen-bond acceptors (Lipinski definition) is 4. The summed E-state index contributed by atoms with van der Waals surface area (Å²) in [6, 6.07) is 5.33. The highest BCUT2D eigenvalue weighted by Crippen LogP contribution is 2.29. The van der Waals surface area contributed by atoms with Gasteiger partial charge in [0.05, 0.1) is 18.8 Å². The van der Waals surface area contributed by atoms with E-state index in [0.29, 0.717) is 13.2 Å². The summed E-state index contributed by atoms with van der Waals surface area (Å²) in [4.78, 5) is 11.5. The molecule has 5 nitrogen and oxygen atoms in total. The number of carbonyl (C=O) groups is 1. The molecule has 0 spiro atoms. The molecule has 120 valence electrons. The Kier molecular flexibility index (Phi) is 8.75. The minimum absolute atomic E-state index is 0. The minimum atomic E-state index is -4.81. The van der Waals surface area contributed by atoms with Crippen LogP contribution in [0.5, 0.6) is 5.75 Å². The van der Waals surface area contributed by atoms with Gasteiger partial charge >= 0.3 is 6.36 Å². The summed E-state index contributed by atoms with van der Waals surface area (Å²) in [7, 11) is 1.52. The maximum Gasteiger partial charge on any atom is 0.573 e. The first kappa shape index (κ1) is 19.5. The molecular formula is C12H16ClF3N2O3. The average Bonchev–Trinajstić information content (AvgIpc) is 2.35. The summed E-state index contributed by atoms with van der Waals surface area (Å²) in [5, 5.41) is 5.12. The largest absolute Gasteiger partial charge is 0.573 e. The first-order chi connectivity index (χ1) is 9.42. The van der Waals surface area contributed by atoms with Gasteiger partial charge in [-0.15, -0.1) is 25.6 Å². The summed E-state index contributed by atoms with van der Waals surface area (Å²) < 4.78 is 45.2. The van der Waals surface area contributed by atoms with Crippen molar-refractivity contribution in [3.63, 3.8) is 0 Å². The van der Waals surface area contributed by atoms with E-state index < -0.39 is 18.0 Å². The number of para-hydroxylation sites is 2. The Bertz CT molecular complexity index is 444. The molecule has 0 saturated carbocycles. The molecule has 0 atom stereocenters. The molecule has 0 radical (unpaired) electrons. The van der Waals surface area contributed by atoms with Crippen LogP contribution < -0.4 is 15.4 Å². The molecule has 0 aromatic heterocycles. The van der Waals surface area contributed by atoms with Gasteiger partial charge in [-0.2, -0.15) is 0 Å².